The maximum absolute atomic E-state index is 12.5. The van der Waals surface area contributed by atoms with Gasteiger partial charge in [0.25, 0.3) is 11.8 Å². The third-order valence-electron chi connectivity index (χ3n) is 4.71. The van der Waals surface area contributed by atoms with Crippen molar-refractivity contribution in [2.24, 2.45) is 5.92 Å². The second-order valence-electron chi connectivity index (χ2n) is 6.10. The Labute approximate surface area is 126 Å². The number of rotatable bonds is 2. The highest BCUT2D eigenvalue weighted by atomic mass is 16.7. The summed E-state index contributed by atoms with van der Waals surface area (Å²) in [5.41, 5.74) is -0.476. The Bertz CT molecular complexity index is 646. The standard InChI is InChI=1S/C16H15NO5/c18-13-11-5-1-2-6-12(11)14(19)17(13)22-15(20)16-7-3-4-10(8-16)9-21-16/h1-2,5-6,10H,3-4,7-9H2. The molecule has 2 fully saturated rings. The Kier molecular flexibility index (Phi) is 2.84. The number of hydroxylamine groups is 2. The predicted octanol–water partition coefficient (Wildman–Crippen LogP) is 1.70. The van der Waals surface area contributed by atoms with Crippen molar-refractivity contribution in [2.75, 3.05) is 6.61 Å². The van der Waals surface area contributed by atoms with Crippen LogP contribution >= 0.6 is 0 Å². The van der Waals surface area contributed by atoms with E-state index in [1.54, 1.807) is 24.3 Å². The van der Waals surface area contributed by atoms with Gasteiger partial charge in [-0.3, -0.25) is 9.59 Å². The van der Waals surface area contributed by atoms with E-state index < -0.39 is 23.4 Å². The van der Waals surface area contributed by atoms with Crippen LogP contribution in [0.4, 0.5) is 0 Å². The first kappa shape index (κ1) is 13.5. The fourth-order valence-electron chi connectivity index (χ4n) is 3.56. The first-order valence-electron chi connectivity index (χ1n) is 7.45. The number of carbonyl (C=O) groups excluding carboxylic acids is 3. The lowest BCUT2D eigenvalue weighted by Gasteiger charge is -2.29. The molecule has 2 unspecified atom stereocenters. The van der Waals surface area contributed by atoms with Crippen LogP contribution in [0.1, 0.15) is 46.4 Å². The first-order valence-corrected chi connectivity index (χ1v) is 7.45. The number of fused-ring (bicyclic) bond motifs is 3. The second kappa shape index (κ2) is 4.64. The van der Waals surface area contributed by atoms with Crippen LogP contribution in [0.5, 0.6) is 0 Å². The quantitative estimate of drug-likeness (QED) is 0.777. The minimum absolute atomic E-state index is 0.256. The van der Waals surface area contributed by atoms with Gasteiger partial charge in [0.05, 0.1) is 17.7 Å². The third-order valence-corrected chi connectivity index (χ3v) is 4.71. The van der Waals surface area contributed by atoms with Crippen molar-refractivity contribution in [3.8, 4) is 0 Å². The van der Waals surface area contributed by atoms with E-state index in [2.05, 4.69) is 0 Å². The zero-order valence-corrected chi connectivity index (χ0v) is 11.9. The lowest BCUT2D eigenvalue weighted by molar-refractivity contribution is -0.192. The first-order chi connectivity index (χ1) is 10.6. The lowest BCUT2D eigenvalue weighted by atomic mass is 9.81. The Morgan fingerprint density at radius 3 is 2.59 bits per heavy atom. The number of amides is 2. The Balaban J connectivity index is 1.56. The summed E-state index contributed by atoms with van der Waals surface area (Å²) in [7, 11) is 0. The molecule has 2 bridgehead atoms. The van der Waals surface area contributed by atoms with Gasteiger partial charge in [-0.15, -0.1) is 0 Å². The summed E-state index contributed by atoms with van der Waals surface area (Å²) in [5, 5.41) is 0.563. The molecule has 114 valence electrons. The molecule has 1 saturated heterocycles. The number of ether oxygens (including phenoxy) is 1. The molecule has 3 aliphatic rings. The molecular weight excluding hydrogens is 286 g/mol. The molecular formula is C16H15NO5. The summed E-state index contributed by atoms with van der Waals surface area (Å²) in [6.07, 6.45) is 3.12. The van der Waals surface area contributed by atoms with Gasteiger partial charge < -0.3 is 9.57 Å². The SMILES string of the molecule is O=C1c2ccccc2C(=O)N1OC(=O)C12CCCC(CO1)C2. The second-order valence-corrected chi connectivity index (χ2v) is 6.10. The van der Waals surface area contributed by atoms with Crippen molar-refractivity contribution < 1.29 is 24.0 Å². The molecule has 2 atom stereocenters. The minimum atomic E-state index is -0.988. The van der Waals surface area contributed by atoms with E-state index in [4.69, 9.17) is 9.57 Å². The van der Waals surface area contributed by atoms with Crippen LogP contribution in [0.15, 0.2) is 24.3 Å². The molecule has 0 radical (unpaired) electrons. The maximum atomic E-state index is 12.5. The van der Waals surface area contributed by atoms with Crippen LogP contribution in [0.3, 0.4) is 0 Å². The molecule has 1 aliphatic carbocycles. The fourth-order valence-corrected chi connectivity index (χ4v) is 3.56. The van der Waals surface area contributed by atoms with Gasteiger partial charge in [0.1, 0.15) is 0 Å². The zero-order chi connectivity index (χ0) is 15.3. The van der Waals surface area contributed by atoms with Crippen LogP contribution in [0, 0.1) is 5.92 Å². The van der Waals surface area contributed by atoms with E-state index in [9.17, 15) is 14.4 Å². The molecule has 0 aromatic heterocycles. The van der Waals surface area contributed by atoms with E-state index in [1.165, 1.54) is 0 Å². The van der Waals surface area contributed by atoms with Crippen LogP contribution in [0.25, 0.3) is 0 Å². The molecule has 0 spiro atoms. The van der Waals surface area contributed by atoms with Crippen molar-refractivity contribution in [1.82, 2.24) is 5.06 Å². The Morgan fingerprint density at radius 1 is 1.23 bits per heavy atom. The van der Waals surface area contributed by atoms with E-state index >= 15 is 0 Å². The molecule has 2 amide bonds. The molecule has 2 aliphatic heterocycles. The van der Waals surface area contributed by atoms with Gasteiger partial charge in [-0.25, -0.2) is 4.79 Å². The van der Waals surface area contributed by atoms with Crippen molar-refractivity contribution in [1.29, 1.82) is 0 Å². The number of carbonyl (C=O) groups is 3. The molecule has 22 heavy (non-hydrogen) atoms. The zero-order valence-electron chi connectivity index (χ0n) is 11.9. The van der Waals surface area contributed by atoms with E-state index in [0.29, 0.717) is 30.4 Å². The van der Waals surface area contributed by atoms with Gasteiger partial charge in [-0.05, 0) is 43.7 Å². The van der Waals surface area contributed by atoms with Gasteiger partial charge in [-0.1, -0.05) is 17.2 Å². The Morgan fingerprint density at radius 2 is 1.91 bits per heavy atom. The summed E-state index contributed by atoms with van der Waals surface area (Å²) in [4.78, 5) is 42.1. The smallest absolute Gasteiger partial charge is 0.363 e. The Hall–Kier alpha value is -2.21. The maximum Gasteiger partial charge on any atom is 0.364 e. The molecule has 1 saturated carbocycles. The topological polar surface area (TPSA) is 72.9 Å². The van der Waals surface area contributed by atoms with Gasteiger partial charge in [0.2, 0.25) is 0 Å². The molecule has 6 heteroatoms. The number of benzene rings is 1. The summed E-state index contributed by atoms with van der Waals surface area (Å²) >= 11 is 0. The predicted molar refractivity (Wildman–Crippen MR) is 73.7 cm³/mol. The molecule has 6 nitrogen and oxygen atoms in total. The van der Waals surface area contributed by atoms with Gasteiger partial charge in [0.15, 0.2) is 5.60 Å². The molecule has 4 rings (SSSR count). The summed E-state index contributed by atoms with van der Waals surface area (Å²) < 4.78 is 5.66. The number of nitrogens with zero attached hydrogens (tertiary/aromatic N) is 1. The normalized spacial score (nSPS) is 29.6. The van der Waals surface area contributed by atoms with Crippen molar-refractivity contribution in [3.63, 3.8) is 0 Å². The van der Waals surface area contributed by atoms with Crippen LogP contribution in [-0.2, 0) is 14.4 Å². The lowest BCUT2D eigenvalue weighted by Crippen LogP contribution is -2.45. The largest absolute Gasteiger partial charge is 0.364 e. The highest BCUT2D eigenvalue weighted by Crippen LogP contribution is 2.43. The fraction of sp³-hybridized carbons (Fsp3) is 0.438. The molecule has 2 heterocycles. The van der Waals surface area contributed by atoms with Crippen molar-refractivity contribution in [2.45, 2.75) is 31.3 Å². The molecule has 0 N–H and O–H groups in total. The summed E-state index contributed by atoms with van der Waals surface area (Å²) in [6.45, 7) is 0.539. The van der Waals surface area contributed by atoms with Crippen molar-refractivity contribution in [3.05, 3.63) is 35.4 Å². The van der Waals surface area contributed by atoms with Gasteiger partial charge in [-0.2, -0.15) is 0 Å². The molecule has 1 aromatic rings. The van der Waals surface area contributed by atoms with E-state index in [0.717, 1.165) is 12.8 Å². The average Bonchev–Trinajstić information content (AvgIpc) is 2.97. The monoisotopic (exact) mass is 301 g/mol. The van der Waals surface area contributed by atoms with Gasteiger partial charge in [0, 0.05) is 0 Å². The highest BCUT2D eigenvalue weighted by molar-refractivity contribution is 6.20. The average molecular weight is 301 g/mol. The number of hydrogen-bond donors (Lipinski definition) is 0. The number of hydrogen-bond acceptors (Lipinski definition) is 5. The third kappa shape index (κ3) is 1.80. The van der Waals surface area contributed by atoms with Crippen LogP contribution < -0.4 is 0 Å². The van der Waals surface area contributed by atoms with E-state index in [-0.39, 0.29) is 11.1 Å². The minimum Gasteiger partial charge on any atom is -0.363 e. The van der Waals surface area contributed by atoms with Crippen molar-refractivity contribution >= 4 is 17.8 Å². The van der Waals surface area contributed by atoms with E-state index in [1.807, 2.05) is 0 Å². The highest BCUT2D eigenvalue weighted by Gasteiger charge is 2.52. The van der Waals surface area contributed by atoms with Crippen LogP contribution in [-0.4, -0.2) is 35.1 Å². The summed E-state index contributed by atoms with van der Waals surface area (Å²) in [5.74, 6) is -1.47. The number of imide groups is 1. The molecule has 1 aromatic carbocycles. The van der Waals surface area contributed by atoms with Crippen LogP contribution in [0.2, 0.25) is 0 Å². The van der Waals surface area contributed by atoms with Gasteiger partial charge >= 0.3 is 5.97 Å². The summed E-state index contributed by atoms with van der Waals surface area (Å²) in [6, 6.07) is 6.43.